The number of rotatable bonds is 5. The highest BCUT2D eigenvalue weighted by Gasteiger charge is 2.37. The van der Waals surface area contributed by atoms with E-state index < -0.39 is 10.0 Å². The molecule has 0 spiro atoms. The average Bonchev–Trinajstić information content (AvgIpc) is 3.05. The summed E-state index contributed by atoms with van der Waals surface area (Å²) in [5, 5.41) is 0. The molecule has 0 radical (unpaired) electrons. The minimum atomic E-state index is -3.55. The van der Waals surface area contributed by atoms with Crippen LogP contribution in [0.15, 0.2) is 47.5 Å². The normalized spacial score (nSPS) is 18.6. The number of pyridine rings is 1. The van der Waals surface area contributed by atoms with E-state index in [0.29, 0.717) is 17.3 Å². The Labute approximate surface area is 149 Å². The van der Waals surface area contributed by atoms with E-state index >= 15 is 0 Å². The molecule has 0 bridgehead atoms. The van der Waals surface area contributed by atoms with Gasteiger partial charge in [-0.3, -0.25) is 0 Å². The number of hydrogen-bond donors (Lipinski definition) is 0. The van der Waals surface area contributed by atoms with Gasteiger partial charge in [-0.2, -0.15) is 4.31 Å². The molecule has 6 heteroatoms. The quantitative estimate of drug-likeness (QED) is 0.816. The molecule has 0 aliphatic carbocycles. The minimum Gasteiger partial charge on any atom is -0.475 e. The van der Waals surface area contributed by atoms with E-state index in [4.69, 9.17) is 4.74 Å². The van der Waals surface area contributed by atoms with Crippen molar-refractivity contribution in [2.75, 3.05) is 6.54 Å². The van der Waals surface area contributed by atoms with Crippen molar-refractivity contribution in [3.05, 3.63) is 53.7 Å². The predicted molar refractivity (Wildman–Crippen MR) is 97.0 cm³/mol. The Morgan fingerprint density at radius 3 is 2.60 bits per heavy atom. The molecule has 1 aromatic heterocycles. The van der Waals surface area contributed by atoms with Crippen LogP contribution >= 0.6 is 0 Å². The van der Waals surface area contributed by atoms with Crippen LogP contribution in [-0.2, 0) is 10.0 Å². The third kappa shape index (κ3) is 3.70. The van der Waals surface area contributed by atoms with Gasteiger partial charge in [-0.05, 0) is 51.8 Å². The lowest BCUT2D eigenvalue weighted by Crippen LogP contribution is -2.31. The fourth-order valence-electron chi connectivity index (χ4n) is 3.16. The fraction of sp³-hybridized carbons (Fsp3) is 0.421. The SMILES string of the molecule is Cc1ccc(S(=O)(=O)N2CCC[C@H]2c2cccnc2OC(C)C)cc1. The largest absolute Gasteiger partial charge is 0.475 e. The molecule has 1 saturated heterocycles. The zero-order valence-electron chi connectivity index (χ0n) is 14.8. The molecule has 25 heavy (non-hydrogen) atoms. The fourth-order valence-corrected chi connectivity index (χ4v) is 4.84. The van der Waals surface area contributed by atoms with Gasteiger partial charge in [0.05, 0.1) is 17.0 Å². The average molecular weight is 360 g/mol. The Hall–Kier alpha value is -1.92. The van der Waals surface area contributed by atoms with Crippen LogP contribution in [-0.4, -0.2) is 30.4 Å². The molecule has 0 N–H and O–H groups in total. The predicted octanol–water partition coefficient (Wildman–Crippen LogP) is 3.70. The summed E-state index contributed by atoms with van der Waals surface area (Å²) in [6, 6.07) is 10.5. The first-order chi connectivity index (χ1) is 11.9. The van der Waals surface area contributed by atoms with Crippen LogP contribution in [0.1, 0.15) is 43.9 Å². The van der Waals surface area contributed by atoms with Crippen LogP contribution in [0.4, 0.5) is 0 Å². The maximum absolute atomic E-state index is 13.1. The molecule has 1 atom stereocenters. The van der Waals surface area contributed by atoms with Crippen molar-refractivity contribution < 1.29 is 13.2 Å². The maximum Gasteiger partial charge on any atom is 0.243 e. The van der Waals surface area contributed by atoms with Crippen molar-refractivity contribution in [2.24, 2.45) is 0 Å². The van der Waals surface area contributed by atoms with E-state index in [1.807, 2.05) is 45.0 Å². The molecule has 0 amide bonds. The van der Waals surface area contributed by atoms with Crippen LogP contribution in [0.3, 0.4) is 0 Å². The van der Waals surface area contributed by atoms with E-state index in [-0.39, 0.29) is 12.1 Å². The van der Waals surface area contributed by atoms with Crippen LogP contribution in [0.5, 0.6) is 5.88 Å². The Bertz CT molecular complexity index is 832. The Kier molecular flexibility index (Phi) is 5.11. The second kappa shape index (κ2) is 7.14. The molecule has 1 aromatic carbocycles. The summed E-state index contributed by atoms with van der Waals surface area (Å²) in [6.07, 6.45) is 3.25. The monoisotopic (exact) mass is 360 g/mol. The number of hydrogen-bond acceptors (Lipinski definition) is 4. The number of aryl methyl sites for hydroxylation is 1. The third-order valence-electron chi connectivity index (χ3n) is 4.34. The van der Waals surface area contributed by atoms with Crippen molar-refractivity contribution in [2.45, 2.75) is 50.7 Å². The van der Waals surface area contributed by atoms with Gasteiger partial charge in [0.2, 0.25) is 15.9 Å². The summed E-state index contributed by atoms with van der Waals surface area (Å²) in [5.74, 6) is 0.522. The van der Waals surface area contributed by atoms with Gasteiger partial charge in [-0.15, -0.1) is 0 Å². The number of sulfonamides is 1. The highest BCUT2D eigenvalue weighted by atomic mass is 32.2. The zero-order chi connectivity index (χ0) is 18.0. The van der Waals surface area contributed by atoms with E-state index in [1.165, 1.54) is 0 Å². The first-order valence-corrected chi connectivity index (χ1v) is 10.0. The lowest BCUT2D eigenvalue weighted by molar-refractivity contribution is 0.225. The molecule has 2 aromatic rings. The van der Waals surface area contributed by atoms with Crippen molar-refractivity contribution in [3.8, 4) is 5.88 Å². The van der Waals surface area contributed by atoms with Crippen molar-refractivity contribution in [1.82, 2.24) is 9.29 Å². The molecule has 1 fully saturated rings. The number of nitrogens with zero attached hydrogens (tertiary/aromatic N) is 2. The highest BCUT2D eigenvalue weighted by Crippen LogP contribution is 2.39. The minimum absolute atomic E-state index is 0.0165. The second-order valence-corrected chi connectivity index (χ2v) is 8.54. The number of ether oxygens (including phenoxy) is 1. The van der Waals surface area contributed by atoms with Crippen molar-refractivity contribution >= 4 is 10.0 Å². The Morgan fingerprint density at radius 2 is 1.92 bits per heavy atom. The number of aromatic nitrogens is 1. The molecular formula is C19H24N2O3S. The second-order valence-electron chi connectivity index (χ2n) is 6.65. The van der Waals surface area contributed by atoms with Crippen molar-refractivity contribution in [1.29, 1.82) is 0 Å². The van der Waals surface area contributed by atoms with Gasteiger partial charge < -0.3 is 4.74 Å². The zero-order valence-corrected chi connectivity index (χ0v) is 15.7. The smallest absolute Gasteiger partial charge is 0.243 e. The van der Waals surface area contributed by atoms with Crippen LogP contribution in [0, 0.1) is 6.92 Å². The molecule has 134 valence electrons. The standard InChI is InChI=1S/C19H24N2O3S/c1-14(2)24-19-17(6-4-12-20-19)18-7-5-13-21(18)25(22,23)16-10-8-15(3)9-11-16/h4,6,8-12,14,18H,5,7,13H2,1-3H3/t18-/m0/s1. The topological polar surface area (TPSA) is 59.5 Å². The molecule has 2 heterocycles. The van der Waals surface area contributed by atoms with E-state index in [2.05, 4.69) is 4.98 Å². The van der Waals surface area contributed by atoms with Crippen LogP contribution in [0.2, 0.25) is 0 Å². The molecule has 1 aliphatic rings. The molecule has 0 saturated carbocycles. The summed E-state index contributed by atoms with van der Waals surface area (Å²) in [4.78, 5) is 4.65. The van der Waals surface area contributed by atoms with Gasteiger partial charge >= 0.3 is 0 Å². The lowest BCUT2D eigenvalue weighted by Gasteiger charge is -2.26. The molecule has 0 unspecified atom stereocenters. The summed E-state index contributed by atoms with van der Waals surface area (Å²) in [5.41, 5.74) is 1.88. The first kappa shape index (κ1) is 17.9. The van der Waals surface area contributed by atoms with E-state index in [1.54, 1.807) is 22.6 Å². The molecule has 5 nitrogen and oxygen atoms in total. The summed E-state index contributed by atoms with van der Waals surface area (Å²) < 4.78 is 33.6. The van der Waals surface area contributed by atoms with Gasteiger partial charge in [-0.1, -0.05) is 23.8 Å². The van der Waals surface area contributed by atoms with E-state index in [0.717, 1.165) is 24.0 Å². The summed E-state index contributed by atoms with van der Waals surface area (Å²) >= 11 is 0. The van der Waals surface area contributed by atoms with Crippen LogP contribution < -0.4 is 4.74 Å². The summed E-state index contributed by atoms with van der Waals surface area (Å²) in [7, 11) is -3.55. The van der Waals surface area contributed by atoms with Gasteiger partial charge in [0.15, 0.2) is 0 Å². The highest BCUT2D eigenvalue weighted by molar-refractivity contribution is 7.89. The van der Waals surface area contributed by atoms with Gasteiger partial charge in [0.1, 0.15) is 0 Å². The van der Waals surface area contributed by atoms with Gasteiger partial charge in [0, 0.05) is 18.3 Å². The van der Waals surface area contributed by atoms with Gasteiger partial charge in [0.25, 0.3) is 0 Å². The van der Waals surface area contributed by atoms with E-state index in [9.17, 15) is 8.42 Å². The Balaban J connectivity index is 1.97. The maximum atomic E-state index is 13.1. The van der Waals surface area contributed by atoms with Crippen LogP contribution in [0.25, 0.3) is 0 Å². The third-order valence-corrected chi connectivity index (χ3v) is 6.26. The summed E-state index contributed by atoms with van der Waals surface area (Å²) in [6.45, 7) is 6.33. The van der Waals surface area contributed by atoms with Gasteiger partial charge in [-0.25, -0.2) is 13.4 Å². The molecule has 1 aliphatic heterocycles. The first-order valence-electron chi connectivity index (χ1n) is 8.59. The lowest BCUT2D eigenvalue weighted by atomic mass is 10.1. The molecular weight excluding hydrogens is 336 g/mol. The Morgan fingerprint density at radius 1 is 1.20 bits per heavy atom. The molecule has 3 rings (SSSR count). The number of benzene rings is 1. The van der Waals surface area contributed by atoms with Crippen molar-refractivity contribution in [3.63, 3.8) is 0 Å².